The summed E-state index contributed by atoms with van der Waals surface area (Å²) >= 11 is 0. The molecule has 0 saturated carbocycles. The molecule has 0 N–H and O–H groups in total. The maximum atomic E-state index is 3.95. The molecule has 0 nitrogen and oxygen atoms in total. The molecule has 19 heavy (non-hydrogen) atoms. The molecule has 0 atom stereocenters. The van der Waals surface area contributed by atoms with E-state index in [1.807, 2.05) is 27.7 Å². The molecule has 0 fully saturated rings. The highest BCUT2D eigenvalue weighted by atomic mass is 14.0. The molecule has 0 aromatic carbocycles. The minimum absolute atomic E-state index is 0. The standard InChI is InChI=1S/C13H20.C3H8.C2H6.CH4/c1-6-7-8-13(12(4)5)10-9-11(2)3;1-3-2;1-2;/h6-7,9-10H,4,8H2,1-3,5H3;3H2,1-2H3;1-2H3;1H4/b7-6-,13-10-;;;. The third-order valence-electron chi connectivity index (χ3n) is 1.74. The van der Waals surface area contributed by atoms with Gasteiger partial charge in [0.2, 0.25) is 0 Å². The highest BCUT2D eigenvalue weighted by Gasteiger charge is 1.92. The monoisotopic (exact) mass is 266 g/mol. The summed E-state index contributed by atoms with van der Waals surface area (Å²) in [7, 11) is 0. The summed E-state index contributed by atoms with van der Waals surface area (Å²) in [5.74, 6) is 0. The van der Waals surface area contributed by atoms with Gasteiger partial charge in [0.25, 0.3) is 0 Å². The molecular formula is C19H38. The Hall–Kier alpha value is -1.04. The van der Waals surface area contributed by atoms with E-state index in [4.69, 9.17) is 0 Å². The van der Waals surface area contributed by atoms with Gasteiger partial charge >= 0.3 is 0 Å². The van der Waals surface area contributed by atoms with Crippen molar-refractivity contribution in [3.05, 3.63) is 47.6 Å². The molecule has 0 heterocycles. The van der Waals surface area contributed by atoms with Gasteiger partial charge < -0.3 is 0 Å². The summed E-state index contributed by atoms with van der Waals surface area (Å²) in [4.78, 5) is 0. The number of hydrogen-bond donors (Lipinski definition) is 0. The van der Waals surface area contributed by atoms with E-state index < -0.39 is 0 Å². The predicted molar refractivity (Wildman–Crippen MR) is 95.8 cm³/mol. The topological polar surface area (TPSA) is 0 Å². The van der Waals surface area contributed by atoms with Crippen LogP contribution in [0.3, 0.4) is 0 Å². The minimum Gasteiger partial charge on any atom is -0.0958 e. The first kappa shape index (κ1) is 26.5. The van der Waals surface area contributed by atoms with Gasteiger partial charge in [-0.3, -0.25) is 0 Å². The number of allylic oxidation sites excluding steroid dienone is 7. The summed E-state index contributed by atoms with van der Waals surface area (Å²) in [6.45, 7) is 20.5. The van der Waals surface area contributed by atoms with Crippen LogP contribution in [0.15, 0.2) is 47.6 Å². The van der Waals surface area contributed by atoms with Crippen LogP contribution in [0.2, 0.25) is 0 Å². The van der Waals surface area contributed by atoms with Crippen LogP contribution in [0.4, 0.5) is 0 Å². The first-order valence-corrected chi connectivity index (χ1v) is 7.10. The van der Waals surface area contributed by atoms with Crippen molar-refractivity contribution in [1.29, 1.82) is 0 Å². The number of rotatable bonds is 4. The van der Waals surface area contributed by atoms with Gasteiger partial charge in [-0.05, 0) is 39.7 Å². The molecule has 0 amide bonds. The second kappa shape index (κ2) is 22.2. The van der Waals surface area contributed by atoms with Crippen LogP contribution in [0, 0.1) is 0 Å². The summed E-state index contributed by atoms with van der Waals surface area (Å²) < 4.78 is 0. The molecule has 114 valence electrons. The fourth-order valence-electron chi connectivity index (χ4n) is 0.897. The van der Waals surface area contributed by atoms with Crippen LogP contribution in [-0.2, 0) is 0 Å². The van der Waals surface area contributed by atoms with Crippen molar-refractivity contribution in [3.63, 3.8) is 0 Å². The van der Waals surface area contributed by atoms with Crippen LogP contribution >= 0.6 is 0 Å². The van der Waals surface area contributed by atoms with Crippen LogP contribution < -0.4 is 0 Å². The lowest BCUT2D eigenvalue weighted by Gasteiger charge is -2.01. The second-order valence-corrected chi connectivity index (χ2v) is 4.20. The Kier molecular flexibility index (Phi) is 30.9. The van der Waals surface area contributed by atoms with E-state index in [9.17, 15) is 0 Å². The highest BCUT2D eigenvalue weighted by Crippen LogP contribution is 2.12. The maximum Gasteiger partial charge on any atom is -0.00951 e. The first-order valence-electron chi connectivity index (χ1n) is 7.10. The van der Waals surface area contributed by atoms with Crippen molar-refractivity contribution in [3.8, 4) is 0 Å². The van der Waals surface area contributed by atoms with Gasteiger partial charge in [0.05, 0.1) is 0 Å². The molecule has 0 aliphatic heterocycles. The lowest BCUT2D eigenvalue weighted by atomic mass is 10.0. The molecule has 0 bridgehead atoms. The fraction of sp³-hybridized carbons (Fsp3) is 0.579. The van der Waals surface area contributed by atoms with E-state index in [1.54, 1.807) is 0 Å². The highest BCUT2D eigenvalue weighted by molar-refractivity contribution is 5.32. The van der Waals surface area contributed by atoms with Crippen molar-refractivity contribution >= 4 is 0 Å². The predicted octanol–water partition coefficient (Wildman–Crippen LogP) is 7.50. The molecule has 0 aliphatic rings. The lowest BCUT2D eigenvalue weighted by Crippen LogP contribution is -1.81. The Balaban J connectivity index is -0.000000164. The van der Waals surface area contributed by atoms with E-state index >= 15 is 0 Å². The van der Waals surface area contributed by atoms with Gasteiger partial charge in [-0.25, -0.2) is 0 Å². The van der Waals surface area contributed by atoms with E-state index in [-0.39, 0.29) is 7.43 Å². The third-order valence-corrected chi connectivity index (χ3v) is 1.74. The second-order valence-electron chi connectivity index (χ2n) is 4.20. The zero-order chi connectivity index (χ0) is 15.0. The molecule has 0 aromatic rings. The molecular weight excluding hydrogens is 228 g/mol. The normalized spacial score (nSPS) is 9.37. The zero-order valence-electron chi connectivity index (χ0n) is 13.9. The van der Waals surface area contributed by atoms with Crippen molar-refractivity contribution in [2.24, 2.45) is 0 Å². The van der Waals surface area contributed by atoms with Gasteiger partial charge in [-0.1, -0.05) is 83.6 Å². The molecule has 0 rings (SSSR count). The molecule has 0 spiro atoms. The Morgan fingerprint density at radius 3 is 1.68 bits per heavy atom. The Bertz CT molecular complexity index is 258. The average Bonchev–Trinajstić information content (AvgIpc) is 2.32. The Morgan fingerprint density at radius 2 is 1.42 bits per heavy atom. The molecule has 0 radical (unpaired) electrons. The minimum atomic E-state index is 0. The summed E-state index contributed by atoms with van der Waals surface area (Å²) in [5.41, 5.74) is 3.77. The molecule has 0 aliphatic carbocycles. The molecule has 0 heteroatoms. The smallest absolute Gasteiger partial charge is 0.00951 e. The summed E-state index contributed by atoms with van der Waals surface area (Å²) in [6, 6.07) is 0. The summed E-state index contributed by atoms with van der Waals surface area (Å²) in [5, 5.41) is 0. The van der Waals surface area contributed by atoms with Crippen LogP contribution in [0.1, 0.15) is 75.7 Å². The number of hydrogen-bond acceptors (Lipinski definition) is 0. The third kappa shape index (κ3) is 26.5. The fourth-order valence-corrected chi connectivity index (χ4v) is 0.897. The van der Waals surface area contributed by atoms with Crippen molar-refractivity contribution < 1.29 is 0 Å². The first-order chi connectivity index (χ1) is 8.49. The van der Waals surface area contributed by atoms with E-state index in [0.29, 0.717) is 0 Å². The van der Waals surface area contributed by atoms with Crippen LogP contribution in [0.25, 0.3) is 0 Å². The SMILES string of the molecule is C.C=C(C)/C(=C\C=C(C)C)C/C=C\C.CC.CCC. The largest absolute Gasteiger partial charge is 0.0958 e. The molecule has 0 aromatic heterocycles. The van der Waals surface area contributed by atoms with Gasteiger partial charge in [0.15, 0.2) is 0 Å². The van der Waals surface area contributed by atoms with Gasteiger partial charge in [-0.2, -0.15) is 0 Å². The van der Waals surface area contributed by atoms with Crippen LogP contribution in [0.5, 0.6) is 0 Å². The zero-order valence-corrected chi connectivity index (χ0v) is 13.9. The average molecular weight is 267 g/mol. The summed E-state index contributed by atoms with van der Waals surface area (Å²) in [6.07, 6.45) is 10.7. The van der Waals surface area contributed by atoms with Gasteiger partial charge in [0.1, 0.15) is 0 Å². The van der Waals surface area contributed by atoms with E-state index in [1.165, 1.54) is 17.6 Å². The van der Waals surface area contributed by atoms with Gasteiger partial charge in [0, 0.05) is 0 Å². The van der Waals surface area contributed by atoms with Crippen molar-refractivity contribution in [2.45, 2.75) is 75.7 Å². The molecule has 0 unspecified atom stereocenters. The Morgan fingerprint density at radius 1 is 1.00 bits per heavy atom. The quantitative estimate of drug-likeness (QED) is 0.365. The van der Waals surface area contributed by atoms with Crippen molar-refractivity contribution in [1.82, 2.24) is 0 Å². The maximum absolute atomic E-state index is 3.95. The van der Waals surface area contributed by atoms with E-state index in [0.717, 1.165) is 12.0 Å². The lowest BCUT2D eigenvalue weighted by molar-refractivity contribution is 1.09. The van der Waals surface area contributed by atoms with Crippen molar-refractivity contribution in [2.75, 3.05) is 0 Å². The van der Waals surface area contributed by atoms with Gasteiger partial charge in [-0.15, -0.1) is 0 Å². The van der Waals surface area contributed by atoms with E-state index in [2.05, 4.69) is 58.6 Å². The molecule has 0 saturated heterocycles. The Labute approximate surface area is 124 Å². The van der Waals surface area contributed by atoms with Crippen LogP contribution in [-0.4, -0.2) is 0 Å².